The maximum absolute atomic E-state index is 12.1. The fraction of sp³-hybridized carbons (Fsp3) is 0.474. The van der Waals surface area contributed by atoms with Crippen LogP contribution in [0.2, 0.25) is 0 Å². The van der Waals surface area contributed by atoms with Crippen LogP contribution in [0.4, 0.5) is 5.82 Å². The number of aromatic nitrogens is 1. The number of benzene rings is 1. The first-order chi connectivity index (χ1) is 11.5. The van der Waals surface area contributed by atoms with E-state index in [0.29, 0.717) is 24.0 Å². The Morgan fingerprint density at radius 3 is 2.83 bits per heavy atom. The van der Waals surface area contributed by atoms with Crippen molar-refractivity contribution in [2.24, 2.45) is 0 Å². The van der Waals surface area contributed by atoms with E-state index in [1.165, 1.54) is 23.1 Å². The van der Waals surface area contributed by atoms with Crippen LogP contribution in [-0.2, 0) is 4.79 Å². The van der Waals surface area contributed by atoms with E-state index >= 15 is 0 Å². The van der Waals surface area contributed by atoms with E-state index in [0.717, 1.165) is 19.5 Å². The Hall–Kier alpha value is -2.14. The summed E-state index contributed by atoms with van der Waals surface area (Å²) in [6, 6.07) is 8.86. The third-order valence-electron chi connectivity index (χ3n) is 4.80. The molecule has 0 aliphatic carbocycles. The van der Waals surface area contributed by atoms with Crippen LogP contribution in [0.1, 0.15) is 47.8 Å². The van der Waals surface area contributed by atoms with E-state index in [4.69, 9.17) is 4.52 Å². The highest BCUT2D eigenvalue weighted by atomic mass is 16.5. The van der Waals surface area contributed by atoms with Gasteiger partial charge in [0.2, 0.25) is 5.91 Å². The van der Waals surface area contributed by atoms with Gasteiger partial charge in [-0.05, 0) is 56.8 Å². The number of hydrogen-bond acceptors (Lipinski definition) is 4. The van der Waals surface area contributed by atoms with E-state index in [1.54, 1.807) is 13.0 Å². The van der Waals surface area contributed by atoms with Crippen molar-refractivity contribution in [3.05, 3.63) is 46.7 Å². The van der Waals surface area contributed by atoms with E-state index in [9.17, 15) is 4.79 Å². The largest absolute Gasteiger partial charge is 0.360 e. The standard InChI is InChI=1S/C19H25N3O2/c1-13-6-7-16(11-14(13)2)17-5-4-9-22(17)10-8-19(23)20-18-12-15(3)24-21-18/h6-7,11-12,17H,4-5,8-10H2,1-3H3,(H,20,21,23)/t17-/m1/s1. The van der Waals surface area contributed by atoms with Crippen LogP contribution in [-0.4, -0.2) is 29.1 Å². The zero-order valence-corrected chi connectivity index (χ0v) is 14.6. The Morgan fingerprint density at radius 1 is 1.29 bits per heavy atom. The van der Waals surface area contributed by atoms with E-state index < -0.39 is 0 Å². The summed E-state index contributed by atoms with van der Waals surface area (Å²) in [6.45, 7) is 7.92. The molecule has 1 aliphatic rings. The summed E-state index contributed by atoms with van der Waals surface area (Å²) < 4.78 is 4.96. The number of nitrogens with zero attached hydrogens (tertiary/aromatic N) is 2. The van der Waals surface area contributed by atoms with Crippen molar-refractivity contribution >= 4 is 11.7 Å². The lowest BCUT2D eigenvalue weighted by Gasteiger charge is -2.25. The molecule has 128 valence electrons. The van der Waals surface area contributed by atoms with Gasteiger partial charge < -0.3 is 9.84 Å². The number of amides is 1. The molecule has 0 bridgehead atoms. The fourth-order valence-corrected chi connectivity index (χ4v) is 3.32. The molecule has 5 nitrogen and oxygen atoms in total. The number of hydrogen-bond donors (Lipinski definition) is 1. The number of rotatable bonds is 5. The lowest BCUT2D eigenvalue weighted by molar-refractivity contribution is -0.116. The quantitative estimate of drug-likeness (QED) is 0.908. The minimum absolute atomic E-state index is 0.0194. The van der Waals surface area contributed by atoms with Gasteiger partial charge in [-0.1, -0.05) is 23.4 Å². The Balaban J connectivity index is 1.57. The second-order valence-electron chi connectivity index (χ2n) is 6.66. The lowest BCUT2D eigenvalue weighted by atomic mass is 9.99. The normalized spacial score (nSPS) is 18.0. The second-order valence-corrected chi connectivity index (χ2v) is 6.66. The molecule has 0 unspecified atom stereocenters. The summed E-state index contributed by atoms with van der Waals surface area (Å²) in [5.74, 6) is 1.17. The summed E-state index contributed by atoms with van der Waals surface area (Å²) >= 11 is 0. The highest BCUT2D eigenvalue weighted by molar-refractivity contribution is 5.89. The molecule has 5 heteroatoms. The summed E-state index contributed by atoms with van der Waals surface area (Å²) in [4.78, 5) is 14.5. The van der Waals surface area contributed by atoms with Crippen LogP contribution in [0, 0.1) is 20.8 Å². The molecule has 0 radical (unpaired) electrons. The van der Waals surface area contributed by atoms with Crippen molar-refractivity contribution in [1.82, 2.24) is 10.1 Å². The summed E-state index contributed by atoms with van der Waals surface area (Å²) in [7, 11) is 0. The number of carbonyl (C=O) groups excluding carboxylic acids is 1. The maximum atomic E-state index is 12.1. The number of nitrogens with one attached hydrogen (secondary N) is 1. The molecule has 0 saturated carbocycles. The molecule has 2 aromatic rings. The smallest absolute Gasteiger partial charge is 0.226 e. The predicted octanol–water partition coefficient (Wildman–Crippen LogP) is 3.77. The van der Waals surface area contributed by atoms with Gasteiger partial charge in [0, 0.05) is 25.1 Å². The minimum Gasteiger partial charge on any atom is -0.360 e. The number of likely N-dealkylation sites (tertiary alicyclic amines) is 1. The zero-order valence-electron chi connectivity index (χ0n) is 14.6. The second kappa shape index (κ2) is 7.18. The number of carbonyl (C=O) groups is 1. The SMILES string of the molecule is Cc1cc(NC(=O)CCN2CCC[C@@H]2c2ccc(C)c(C)c2)no1. The minimum atomic E-state index is -0.0194. The molecule has 24 heavy (non-hydrogen) atoms. The fourth-order valence-electron chi connectivity index (χ4n) is 3.32. The van der Waals surface area contributed by atoms with Gasteiger partial charge in [0.15, 0.2) is 5.82 Å². The molecule has 1 saturated heterocycles. The molecular formula is C19H25N3O2. The van der Waals surface area contributed by atoms with Gasteiger partial charge in [0.1, 0.15) is 5.76 Å². The van der Waals surface area contributed by atoms with Gasteiger partial charge in [0.25, 0.3) is 0 Å². The first-order valence-electron chi connectivity index (χ1n) is 8.57. The molecule has 2 heterocycles. The summed E-state index contributed by atoms with van der Waals surface area (Å²) in [5, 5.41) is 6.58. The van der Waals surface area contributed by atoms with Gasteiger partial charge in [-0.2, -0.15) is 0 Å². The first kappa shape index (κ1) is 16.7. The molecule has 0 spiro atoms. The van der Waals surface area contributed by atoms with E-state index in [2.05, 4.69) is 47.4 Å². The van der Waals surface area contributed by atoms with Gasteiger partial charge in [-0.25, -0.2) is 0 Å². The summed E-state index contributed by atoms with van der Waals surface area (Å²) in [6.07, 6.45) is 2.81. The van der Waals surface area contributed by atoms with E-state index in [1.807, 2.05) is 0 Å². The van der Waals surface area contributed by atoms with Crippen LogP contribution in [0.5, 0.6) is 0 Å². The van der Waals surface area contributed by atoms with Crippen molar-refractivity contribution in [2.75, 3.05) is 18.4 Å². The Morgan fingerprint density at radius 2 is 2.12 bits per heavy atom. The highest BCUT2D eigenvalue weighted by Gasteiger charge is 2.26. The molecule has 1 N–H and O–H groups in total. The molecule has 1 amide bonds. The van der Waals surface area contributed by atoms with E-state index in [-0.39, 0.29) is 5.91 Å². The average Bonchev–Trinajstić information content (AvgIpc) is 3.17. The molecule has 1 aromatic heterocycles. The van der Waals surface area contributed by atoms with Gasteiger partial charge in [-0.3, -0.25) is 9.69 Å². The lowest BCUT2D eigenvalue weighted by Crippen LogP contribution is -2.27. The molecule has 1 aliphatic heterocycles. The van der Waals surface area contributed by atoms with Crippen molar-refractivity contribution in [3.63, 3.8) is 0 Å². The molecule has 1 atom stereocenters. The molecule has 1 aromatic carbocycles. The Labute approximate surface area is 143 Å². The number of aryl methyl sites for hydroxylation is 3. The van der Waals surface area contributed by atoms with Crippen LogP contribution >= 0.6 is 0 Å². The van der Waals surface area contributed by atoms with Crippen molar-refractivity contribution < 1.29 is 9.32 Å². The summed E-state index contributed by atoms with van der Waals surface area (Å²) in [5.41, 5.74) is 4.02. The highest BCUT2D eigenvalue weighted by Crippen LogP contribution is 2.32. The number of anilines is 1. The Kier molecular flexibility index (Phi) is 5.00. The van der Waals surface area contributed by atoms with Gasteiger partial charge in [0.05, 0.1) is 0 Å². The first-order valence-corrected chi connectivity index (χ1v) is 8.57. The molecule has 1 fully saturated rings. The predicted molar refractivity (Wildman–Crippen MR) is 94.0 cm³/mol. The van der Waals surface area contributed by atoms with Crippen molar-refractivity contribution in [1.29, 1.82) is 0 Å². The maximum Gasteiger partial charge on any atom is 0.226 e. The molecule has 3 rings (SSSR count). The molecular weight excluding hydrogens is 302 g/mol. The third kappa shape index (κ3) is 3.85. The van der Waals surface area contributed by atoms with Crippen LogP contribution in [0.15, 0.2) is 28.8 Å². The van der Waals surface area contributed by atoms with Crippen LogP contribution in [0.25, 0.3) is 0 Å². The van der Waals surface area contributed by atoms with Crippen molar-refractivity contribution in [2.45, 2.75) is 46.1 Å². The average molecular weight is 327 g/mol. The van der Waals surface area contributed by atoms with Gasteiger partial charge >= 0.3 is 0 Å². The zero-order chi connectivity index (χ0) is 17.1. The topological polar surface area (TPSA) is 58.4 Å². The van der Waals surface area contributed by atoms with Crippen LogP contribution in [0.3, 0.4) is 0 Å². The van der Waals surface area contributed by atoms with Gasteiger partial charge in [-0.15, -0.1) is 0 Å². The monoisotopic (exact) mass is 327 g/mol. The third-order valence-corrected chi connectivity index (χ3v) is 4.80. The Bertz CT molecular complexity index is 723. The van der Waals surface area contributed by atoms with Crippen molar-refractivity contribution in [3.8, 4) is 0 Å². The van der Waals surface area contributed by atoms with Crippen LogP contribution < -0.4 is 5.32 Å².